The number of anilines is 1. The van der Waals surface area contributed by atoms with E-state index < -0.39 is 0 Å². The lowest BCUT2D eigenvalue weighted by Crippen LogP contribution is -2.34. The number of rotatable bonds is 9. The van der Waals surface area contributed by atoms with Gasteiger partial charge in [-0.15, -0.1) is 0 Å². The molecule has 22 heavy (non-hydrogen) atoms. The van der Waals surface area contributed by atoms with Gasteiger partial charge in [-0.25, -0.2) is 9.48 Å². The number of aliphatic hydroxyl groups is 1. The molecule has 2 unspecified atom stereocenters. The molecule has 0 radical (unpaired) electrons. The van der Waals surface area contributed by atoms with E-state index in [1.165, 1.54) is 0 Å². The molecule has 2 amide bonds. The van der Waals surface area contributed by atoms with E-state index in [-0.39, 0.29) is 18.7 Å². The lowest BCUT2D eigenvalue weighted by Gasteiger charge is -2.19. The summed E-state index contributed by atoms with van der Waals surface area (Å²) in [7, 11) is 0. The molecule has 1 heterocycles. The van der Waals surface area contributed by atoms with E-state index in [0.29, 0.717) is 30.6 Å². The van der Waals surface area contributed by atoms with E-state index in [9.17, 15) is 4.79 Å². The third kappa shape index (κ3) is 6.05. The standard InChI is InChI=1S/C16H30N4O2/c1-5-13(4)20-15(6-8-18-20)19-16(22)17-11-14(7-9-21)10-12(2)3/h6,8,12-14,21H,5,7,9-11H2,1-4H3,(H2,17,19,22). The molecule has 1 aromatic heterocycles. The number of urea groups is 1. The number of nitrogens with zero attached hydrogens (tertiary/aromatic N) is 2. The predicted molar refractivity (Wildman–Crippen MR) is 88.9 cm³/mol. The van der Waals surface area contributed by atoms with Gasteiger partial charge in [0.25, 0.3) is 0 Å². The number of aliphatic hydroxyl groups excluding tert-OH is 1. The Morgan fingerprint density at radius 1 is 1.41 bits per heavy atom. The van der Waals surface area contributed by atoms with Gasteiger partial charge in [0.2, 0.25) is 0 Å². The first-order chi connectivity index (χ1) is 10.5. The van der Waals surface area contributed by atoms with Crippen molar-refractivity contribution >= 4 is 11.8 Å². The largest absolute Gasteiger partial charge is 0.396 e. The maximum atomic E-state index is 12.0. The SMILES string of the molecule is CCC(C)n1nccc1NC(=O)NCC(CCO)CC(C)C. The summed E-state index contributed by atoms with van der Waals surface area (Å²) in [6.45, 7) is 9.17. The van der Waals surface area contributed by atoms with Crippen LogP contribution >= 0.6 is 0 Å². The maximum absolute atomic E-state index is 12.0. The Bertz CT molecular complexity index is 445. The monoisotopic (exact) mass is 310 g/mol. The van der Waals surface area contributed by atoms with Gasteiger partial charge in [-0.1, -0.05) is 20.8 Å². The zero-order valence-electron chi connectivity index (χ0n) is 14.2. The van der Waals surface area contributed by atoms with Gasteiger partial charge in [-0.05, 0) is 38.0 Å². The van der Waals surface area contributed by atoms with Crippen LogP contribution in [0.3, 0.4) is 0 Å². The Kier molecular flexibility index (Phi) is 7.95. The third-order valence-corrected chi connectivity index (χ3v) is 3.81. The Balaban J connectivity index is 2.50. The van der Waals surface area contributed by atoms with Crippen molar-refractivity contribution < 1.29 is 9.90 Å². The zero-order valence-corrected chi connectivity index (χ0v) is 14.2. The predicted octanol–water partition coefficient (Wildman–Crippen LogP) is 3.02. The minimum atomic E-state index is -0.225. The first-order valence-corrected chi connectivity index (χ1v) is 8.17. The second-order valence-corrected chi connectivity index (χ2v) is 6.26. The molecule has 0 fully saturated rings. The molecule has 0 aliphatic heterocycles. The fourth-order valence-electron chi connectivity index (χ4n) is 2.49. The highest BCUT2D eigenvalue weighted by atomic mass is 16.3. The highest BCUT2D eigenvalue weighted by Crippen LogP contribution is 2.17. The summed E-state index contributed by atoms with van der Waals surface area (Å²) in [5.41, 5.74) is 0. The number of aromatic nitrogens is 2. The topological polar surface area (TPSA) is 79.2 Å². The van der Waals surface area contributed by atoms with Crippen molar-refractivity contribution in [3.63, 3.8) is 0 Å². The summed E-state index contributed by atoms with van der Waals surface area (Å²) < 4.78 is 1.82. The number of carbonyl (C=O) groups excluding carboxylic acids is 1. The Morgan fingerprint density at radius 2 is 2.14 bits per heavy atom. The van der Waals surface area contributed by atoms with Gasteiger partial charge in [0, 0.05) is 19.2 Å². The molecular weight excluding hydrogens is 280 g/mol. The van der Waals surface area contributed by atoms with Crippen molar-refractivity contribution in [1.29, 1.82) is 0 Å². The molecule has 6 nitrogen and oxygen atoms in total. The molecule has 3 N–H and O–H groups in total. The fourth-order valence-corrected chi connectivity index (χ4v) is 2.49. The smallest absolute Gasteiger partial charge is 0.320 e. The summed E-state index contributed by atoms with van der Waals surface area (Å²) in [6, 6.07) is 1.82. The van der Waals surface area contributed by atoms with E-state index in [0.717, 1.165) is 12.8 Å². The number of carbonyl (C=O) groups is 1. The number of amides is 2. The van der Waals surface area contributed by atoms with Gasteiger partial charge in [-0.2, -0.15) is 5.10 Å². The van der Waals surface area contributed by atoms with Crippen LogP contribution < -0.4 is 10.6 Å². The van der Waals surface area contributed by atoms with Crippen LogP contribution in [-0.4, -0.2) is 34.1 Å². The molecule has 0 aliphatic carbocycles. The molecule has 0 aliphatic rings. The minimum absolute atomic E-state index is 0.154. The van der Waals surface area contributed by atoms with E-state index in [1.54, 1.807) is 12.3 Å². The van der Waals surface area contributed by atoms with E-state index in [1.807, 2.05) is 4.68 Å². The molecule has 0 saturated heterocycles. The van der Waals surface area contributed by atoms with Crippen molar-refractivity contribution in [1.82, 2.24) is 15.1 Å². The number of nitrogens with one attached hydrogen (secondary N) is 2. The summed E-state index contributed by atoms with van der Waals surface area (Å²) in [5, 5.41) is 19.1. The number of hydrogen-bond donors (Lipinski definition) is 3. The van der Waals surface area contributed by atoms with Crippen molar-refractivity contribution in [3.8, 4) is 0 Å². The zero-order chi connectivity index (χ0) is 16.5. The van der Waals surface area contributed by atoms with Crippen LogP contribution in [0.5, 0.6) is 0 Å². The van der Waals surface area contributed by atoms with Crippen LogP contribution in [-0.2, 0) is 0 Å². The van der Waals surface area contributed by atoms with Crippen LogP contribution in [0.1, 0.15) is 53.0 Å². The van der Waals surface area contributed by atoms with Crippen LogP contribution in [0.25, 0.3) is 0 Å². The van der Waals surface area contributed by atoms with Crippen LogP contribution in [0.4, 0.5) is 10.6 Å². The molecule has 2 atom stereocenters. The van der Waals surface area contributed by atoms with Crippen molar-refractivity contribution in [3.05, 3.63) is 12.3 Å². The van der Waals surface area contributed by atoms with Gasteiger partial charge in [0.1, 0.15) is 5.82 Å². The van der Waals surface area contributed by atoms with E-state index in [4.69, 9.17) is 5.11 Å². The average molecular weight is 310 g/mol. The Morgan fingerprint density at radius 3 is 2.73 bits per heavy atom. The first-order valence-electron chi connectivity index (χ1n) is 8.17. The molecule has 1 rings (SSSR count). The fraction of sp³-hybridized carbons (Fsp3) is 0.750. The maximum Gasteiger partial charge on any atom is 0.320 e. The van der Waals surface area contributed by atoms with Gasteiger partial charge >= 0.3 is 6.03 Å². The number of hydrogen-bond acceptors (Lipinski definition) is 3. The Hall–Kier alpha value is -1.56. The third-order valence-electron chi connectivity index (χ3n) is 3.81. The highest BCUT2D eigenvalue weighted by molar-refractivity contribution is 5.88. The van der Waals surface area contributed by atoms with Crippen LogP contribution in [0, 0.1) is 11.8 Å². The lowest BCUT2D eigenvalue weighted by molar-refractivity contribution is 0.231. The molecule has 6 heteroatoms. The van der Waals surface area contributed by atoms with Crippen molar-refractivity contribution in [2.45, 2.75) is 53.0 Å². The summed E-state index contributed by atoms with van der Waals surface area (Å²) in [4.78, 5) is 12.0. The summed E-state index contributed by atoms with van der Waals surface area (Å²) in [6.07, 6.45) is 4.34. The first kappa shape index (κ1) is 18.5. The second kappa shape index (κ2) is 9.46. The van der Waals surface area contributed by atoms with Gasteiger partial charge in [-0.3, -0.25) is 5.32 Å². The minimum Gasteiger partial charge on any atom is -0.396 e. The molecule has 1 aromatic rings. The quantitative estimate of drug-likeness (QED) is 0.656. The molecule has 0 aromatic carbocycles. The molecular formula is C16H30N4O2. The molecule has 0 spiro atoms. The van der Waals surface area contributed by atoms with Crippen molar-refractivity contribution in [2.24, 2.45) is 11.8 Å². The molecule has 0 bridgehead atoms. The van der Waals surface area contributed by atoms with Crippen LogP contribution in [0.15, 0.2) is 12.3 Å². The highest BCUT2D eigenvalue weighted by Gasteiger charge is 2.14. The molecule has 0 saturated carbocycles. The normalized spacial score (nSPS) is 13.9. The van der Waals surface area contributed by atoms with Gasteiger partial charge in [0.15, 0.2) is 0 Å². The van der Waals surface area contributed by atoms with Gasteiger partial charge < -0.3 is 10.4 Å². The molecule has 126 valence electrons. The van der Waals surface area contributed by atoms with E-state index >= 15 is 0 Å². The lowest BCUT2D eigenvalue weighted by atomic mass is 9.94. The summed E-state index contributed by atoms with van der Waals surface area (Å²) >= 11 is 0. The summed E-state index contributed by atoms with van der Waals surface area (Å²) in [5.74, 6) is 1.55. The van der Waals surface area contributed by atoms with Gasteiger partial charge in [0.05, 0.1) is 12.2 Å². The van der Waals surface area contributed by atoms with E-state index in [2.05, 4.69) is 43.4 Å². The Labute approximate surface area is 133 Å². The average Bonchev–Trinajstić information content (AvgIpc) is 2.91. The van der Waals surface area contributed by atoms with Crippen molar-refractivity contribution in [2.75, 3.05) is 18.5 Å². The van der Waals surface area contributed by atoms with Crippen LogP contribution in [0.2, 0.25) is 0 Å². The second-order valence-electron chi connectivity index (χ2n) is 6.26.